The van der Waals surface area contributed by atoms with E-state index in [1.54, 1.807) is 0 Å². The van der Waals surface area contributed by atoms with Crippen molar-refractivity contribution >= 4 is 31.0 Å². The van der Waals surface area contributed by atoms with Gasteiger partial charge < -0.3 is 42.5 Å². The summed E-state index contributed by atoms with van der Waals surface area (Å²) < 4.78 is 66.1. The van der Waals surface area contributed by atoms with E-state index >= 15 is 0 Å². The lowest BCUT2D eigenvalue weighted by atomic mass is 9.78. The number of rotatable bonds is 8. The topological polar surface area (TPSA) is 296 Å². The van der Waals surface area contributed by atoms with Crippen LogP contribution in [0.25, 0.3) is 10.8 Å². The van der Waals surface area contributed by atoms with Crippen LogP contribution in [0, 0.1) is 0 Å². The van der Waals surface area contributed by atoms with E-state index in [0.29, 0.717) is 0 Å². The van der Waals surface area contributed by atoms with Gasteiger partial charge in [0.15, 0.2) is 11.1 Å². The van der Waals surface area contributed by atoms with Gasteiger partial charge in [0, 0.05) is 44.2 Å². The predicted octanol–water partition coefficient (Wildman–Crippen LogP) is 3.79. The van der Waals surface area contributed by atoms with E-state index < -0.39 is 30.0 Å². The minimum atomic E-state index is -4.74. The van der Waals surface area contributed by atoms with Gasteiger partial charge in [-0.2, -0.15) is 0 Å². The van der Waals surface area contributed by atoms with Crippen LogP contribution in [0.3, 0.4) is 0 Å². The fourth-order valence-corrected chi connectivity index (χ4v) is 8.41. The highest BCUT2D eigenvalue weighted by Gasteiger charge is 2.36. The predicted molar refractivity (Wildman–Crippen MR) is 239 cm³/mol. The van der Waals surface area contributed by atoms with Crippen LogP contribution in [-0.4, -0.2) is 47.8 Å². The lowest BCUT2D eigenvalue weighted by Crippen LogP contribution is -2.71. The largest absolute Gasteiger partial charge is 0.744 e. The number of hydrogen-bond acceptors (Lipinski definition) is 6. The van der Waals surface area contributed by atoms with Crippen molar-refractivity contribution in [2.24, 2.45) is 0 Å². The Balaban J connectivity index is 0.000000311. The third kappa shape index (κ3) is 11.5. The first-order valence-electron chi connectivity index (χ1n) is 18.3. The molecule has 14 N–H and O–H groups in total. The summed E-state index contributed by atoms with van der Waals surface area (Å²) in [4.78, 5) is -1.10. The third-order valence-electron chi connectivity index (χ3n) is 9.98. The Bertz CT molecular complexity index is 2400. The van der Waals surface area contributed by atoms with Gasteiger partial charge in [-0.1, -0.05) is 206 Å². The van der Waals surface area contributed by atoms with Crippen molar-refractivity contribution in [3.63, 3.8) is 0 Å². The van der Waals surface area contributed by atoms with Gasteiger partial charge in [-0.25, -0.2) is 16.8 Å². The molecule has 0 aliphatic rings. The van der Waals surface area contributed by atoms with Gasteiger partial charge in [-0.15, -0.1) is 0 Å². The summed E-state index contributed by atoms with van der Waals surface area (Å²) in [6.45, 7) is 0. The molecule has 0 aliphatic heterocycles. The van der Waals surface area contributed by atoms with Crippen LogP contribution < -0.4 is 11.5 Å². The van der Waals surface area contributed by atoms with E-state index in [1.165, 1.54) is 57.6 Å². The Morgan fingerprint density at radius 2 is 0.468 bits per heavy atom. The molecule has 8 aromatic rings. The highest BCUT2D eigenvalue weighted by molar-refractivity contribution is 7.86. The van der Waals surface area contributed by atoms with Crippen LogP contribution in [0.15, 0.2) is 228 Å². The fourth-order valence-electron chi connectivity index (χ4n) is 7.02. The van der Waals surface area contributed by atoms with Crippen molar-refractivity contribution in [3.8, 4) is 0 Å². The van der Waals surface area contributed by atoms with Crippen molar-refractivity contribution < 1.29 is 59.3 Å². The summed E-state index contributed by atoms with van der Waals surface area (Å²) in [6.07, 6.45) is 0. The van der Waals surface area contributed by atoms with Gasteiger partial charge in [0.1, 0.15) is 20.2 Å². The number of fused-ring (bicyclic) bond motifs is 1. The van der Waals surface area contributed by atoms with Crippen molar-refractivity contribution in [2.75, 3.05) is 0 Å². The highest BCUT2D eigenvalue weighted by atomic mass is 32.2. The molecule has 0 bridgehead atoms. The Hall–Kier alpha value is -6.40. The molecule has 0 aliphatic carbocycles. The molecule has 0 atom stereocenters. The molecule has 0 heterocycles. The molecule has 14 heteroatoms. The second kappa shape index (κ2) is 22.4. The van der Waals surface area contributed by atoms with Crippen LogP contribution >= 0.6 is 0 Å². The smallest absolute Gasteiger partial charge is 0.172 e. The zero-order valence-electron chi connectivity index (χ0n) is 33.5. The minimum Gasteiger partial charge on any atom is -0.744 e. The standard InChI is InChI=1S/2C19H17N.C10H8O6S2.4H2O/c2*20-19(16-10-4-1-5-11-16,17-12-6-2-7-13-17)18-14-8-3-9-15-18;11-17(12,13)9-5-1-3-7-8(9)4-2-6-10(7)18(14,15)16;;;;/h2*1-15H,20H2;1-6H,(H,11,12,13)(H,14,15,16);4*1H2. The molecule has 0 unspecified atom stereocenters. The Labute approximate surface area is 361 Å². The summed E-state index contributed by atoms with van der Waals surface area (Å²) in [7, 11) is -9.48. The van der Waals surface area contributed by atoms with Crippen LogP contribution in [0.1, 0.15) is 33.4 Å². The second-order valence-corrected chi connectivity index (χ2v) is 16.2. The van der Waals surface area contributed by atoms with Crippen LogP contribution in [0.4, 0.5) is 0 Å². The maximum atomic E-state index is 11.0. The Morgan fingerprint density at radius 3 is 0.629 bits per heavy atom. The molecule has 8 aromatic carbocycles. The second-order valence-electron chi connectivity index (χ2n) is 13.5. The SMILES string of the molecule is O.O.O.O.O=S(=O)([O-])c1cccc2c(S(=O)(=O)[O-])cccc12.[NH3+]C(c1ccccc1)(c1ccccc1)c1ccccc1.[NH3+]C(c1ccccc1)(c1ccccc1)c1ccccc1. The lowest BCUT2D eigenvalue weighted by molar-refractivity contribution is -0.455. The molecule has 324 valence electrons. The molecule has 12 nitrogen and oxygen atoms in total. The van der Waals surface area contributed by atoms with Gasteiger partial charge >= 0.3 is 0 Å². The minimum absolute atomic E-state index is 0. The molecule has 62 heavy (non-hydrogen) atoms. The number of quaternary nitrogens is 2. The van der Waals surface area contributed by atoms with E-state index in [9.17, 15) is 25.9 Å². The lowest BCUT2D eigenvalue weighted by Gasteiger charge is -2.27. The molecule has 0 saturated heterocycles. The summed E-state index contributed by atoms with van der Waals surface area (Å²) in [6, 6.07) is 69.9. The third-order valence-corrected chi connectivity index (χ3v) is 11.8. The first-order valence-corrected chi connectivity index (χ1v) is 21.1. The van der Waals surface area contributed by atoms with Crippen LogP contribution in [0.5, 0.6) is 0 Å². The maximum absolute atomic E-state index is 11.0. The van der Waals surface area contributed by atoms with E-state index in [2.05, 4.69) is 157 Å². The molecule has 0 radical (unpaired) electrons. The molecule has 8 rings (SSSR count). The van der Waals surface area contributed by atoms with E-state index in [1.807, 2.05) is 36.4 Å². The number of hydrogen-bond donors (Lipinski definition) is 2. The van der Waals surface area contributed by atoms with Crippen LogP contribution in [0.2, 0.25) is 0 Å². The van der Waals surface area contributed by atoms with Crippen molar-refractivity contribution in [1.29, 1.82) is 0 Å². The maximum Gasteiger partial charge on any atom is 0.172 e. The van der Waals surface area contributed by atoms with Gasteiger partial charge in [0.25, 0.3) is 0 Å². The van der Waals surface area contributed by atoms with E-state index in [4.69, 9.17) is 0 Å². The van der Waals surface area contributed by atoms with E-state index in [-0.39, 0.29) is 43.8 Å². The van der Waals surface area contributed by atoms with Crippen LogP contribution in [-0.2, 0) is 31.3 Å². The summed E-state index contributed by atoms with van der Waals surface area (Å²) >= 11 is 0. The normalized spacial score (nSPS) is 11.0. The van der Waals surface area contributed by atoms with Crippen molar-refractivity contribution in [1.82, 2.24) is 0 Å². The van der Waals surface area contributed by atoms with Crippen molar-refractivity contribution in [2.45, 2.75) is 20.9 Å². The molecule has 0 saturated carbocycles. The van der Waals surface area contributed by atoms with Gasteiger partial charge in [0.2, 0.25) is 0 Å². The molecular formula is C48H50N2O10S2. The van der Waals surface area contributed by atoms with Gasteiger partial charge in [-0.05, 0) is 12.1 Å². The monoisotopic (exact) mass is 878 g/mol. The molecular weight excluding hydrogens is 829 g/mol. The highest BCUT2D eigenvalue weighted by Crippen LogP contribution is 2.33. The van der Waals surface area contributed by atoms with Gasteiger partial charge in [-0.3, -0.25) is 0 Å². The molecule has 0 spiro atoms. The average molecular weight is 879 g/mol. The number of benzene rings is 8. The molecule has 0 aromatic heterocycles. The summed E-state index contributed by atoms with van der Waals surface area (Å²) in [5.41, 5.74) is 15.7. The summed E-state index contributed by atoms with van der Waals surface area (Å²) in [5.74, 6) is 0. The fraction of sp³-hybridized carbons (Fsp3) is 0.0417. The Morgan fingerprint density at radius 1 is 0.290 bits per heavy atom. The quantitative estimate of drug-likeness (QED) is 0.169. The average Bonchev–Trinajstić information content (AvgIpc) is 3.27. The zero-order chi connectivity index (χ0) is 41.2. The van der Waals surface area contributed by atoms with Gasteiger partial charge in [0.05, 0.1) is 9.79 Å². The zero-order valence-corrected chi connectivity index (χ0v) is 35.1. The Kier molecular flexibility index (Phi) is 18.7. The first kappa shape index (κ1) is 51.7. The molecule has 0 fully saturated rings. The molecule has 0 amide bonds. The van der Waals surface area contributed by atoms with E-state index in [0.717, 1.165) is 12.1 Å². The summed E-state index contributed by atoms with van der Waals surface area (Å²) in [5, 5.41) is -0.158. The first-order chi connectivity index (χ1) is 27.8. The van der Waals surface area contributed by atoms with Crippen molar-refractivity contribution in [3.05, 3.63) is 252 Å².